The fourth-order valence-corrected chi connectivity index (χ4v) is 3.18. The number of rotatable bonds is 2. The molecule has 3 heteroatoms. The smallest absolute Gasteiger partial charge is 0.195 e. The molecule has 1 aromatic heterocycles. The van der Waals surface area contributed by atoms with Crippen LogP contribution in [0.2, 0.25) is 0 Å². The van der Waals surface area contributed by atoms with E-state index in [1.54, 1.807) is 0 Å². The normalized spacial score (nSPS) is 11.2. The summed E-state index contributed by atoms with van der Waals surface area (Å²) in [7, 11) is 1.96. The lowest BCUT2D eigenvalue weighted by molar-refractivity contribution is 0.104. The summed E-state index contributed by atoms with van der Waals surface area (Å²) in [5.41, 5.74) is 3.11. The van der Waals surface area contributed by atoms with Crippen molar-refractivity contribution in [2.75, 3.05) is 0 Å². The Morgan fingerprint density at radius 1 is 0.870 bits per heavy atom. The minimum Gasteiger partial charge on any atom is -0.343 e. The quantitative estimate of drug-likeness (QED) is 0.492. The molecule has 0 saturated heterocycles. The second-order valence-electron chi connectivity index (χ2n) is 5.61. The van der Waals surface area contributed by atoms with Crippen molar-refractivity contribution >= 4 is 27.6 Å². The van der Waals surface area contributed by atoms with E-state index < -0.39 is 0 Å². The summed E-state index contributed by atoms with van der Waals surface area (Å²) in [6.07, 6.45) is 0. The van der Waals surface area contributed by atoms with E-state index in [0.29, 0.717) is 11.1 Å². The van der Waals surface area contributed by atoms with Gasteiger partial charge < -0.3 is 4.57 Å². The predicted molar refractivity (Wildman–Crippen MR) is 90.3 cm³/mol. The van der Waals surface area contributed by atoms with Crippen LogP contribution in [0.1, 0.15) is 15.9 Å². The Balaban J connectivity index is 2.00. The Kier molecular flexibility index (Phi) is 3.01. The number of benzene rings is 3. The molecular weight excluding hydrogens is 289 g/mol. The molecule has 4 aromatic rings. The summed E-state index contributed by atoms with van der Waals surface area (Å²) in [6.45, 7) is 0. The van der Waals surface area contributed by atoms with E-state index in [4.69, 9.17) is 0 Å². The van der Waals surface area contributed by atoms with Gasteiger partial charge in [0, 0.05) is 34.5 Å². The lowest BCUT2D eigenvalue weighted by Gasteiger charge is -2.06. The number of fused-ring (bicyclic) bond motifs is 3. The molecule has 0 saturated carbocycles. The first kappa shape index (κ1) is 13.7. The van der Waals surface area contributed by atoms with Crippen LogP contribution in [0.4, 0.5) is 4.39 Å². The van der Waals surface area contributed by atoms with E-state index in [2.05, 4.69) is 6.07 Å². The van der Waals surface area contributed by atoms with Crippen LogP contribution in [-0.2, 0) is 7.05 Å². The summed E-state index contributed by atoms with van der Waals surface area (Å²) in [5, 5.41) is 2.18. The van der Waals surface area contributed by atoms with E-state index in [1.165, 1.54) is 24.3 Å². The number of carbonyl (C=O) groups excluding carboxylic acids is 1. The van der Waals surface area contributed by atoms with Crippen molar-refractivity contribution in [3.05, 3.63) is 83.7 Å². The molecule has 3 aromatic carbocycles. The molecule has 0 aliphatic heterocycles. The average molecular weight is 303 g/mol. The molecule has 0 N–H and O–H groups in total. The molecule has 0 amide bonds. The summed E-state index contributed by atoms with van der Waals surface area (Å²) >= 11 is 0. The zero-order chi connectivity index (χ0) is 16.0. The Morgan fingerprint density at radius 2 is 1.57 bits per heavy atom. The van der Waals surface area contributed by atoms with E-state index in [-0.39, 0.29) is 11.6 Å². The number of halogens is 1. The van der Waals surface area contributed by atoms with Gasteiger partial charge in [0.25, 0.3) is 0 Å². The maximum Gasteiger partial charge on any atom is 0.195 e. The van der Waals surface area contributed by atoms with E-state index >= 15 is 0 Å². The van der Waals surface area contributed by atoms with Crippen LogP contribution in [0.5, 0.6) is 0 Å². The molecule has 1 heterocycles. The molecule has 112 valence electrons. The highest BCUT2D eigenvalue weighted by Crippen LogP contribution is 2.31. The van der Waals surface area contributed by atoms with Gasteiger partial charge in [0.15, 0.2) is 5.78 Å². The number of ketones is 1. The molecule has 4 rings (SSSR count). The number of nitrogens with zero attached hydrogens (tertiary/aromatic N) is 1. The predicted octanol–water partition coefficient (Wildman–Crippen LogP) is 4.70. The van der Waals surface area contributed by atoms with Crippen molar-refractivity contribution in [2.45, 2.75) is 0 Å². The first-order chi connectivity index (χ1) is 11.2. The number of aromatic nitrogens is 1. The van der Waals surface area contributed by atoms with E-state index in [0.717, 1.165) is 21.8 Å². The lowest BCUT2D eigenvalue weighted by atomic mass is 10.0. The SMILES string of the molecule is Cn1c2ccccc2c2cccc(C(=O)c3ccc(F)cc3)c21. The molecule has 0 unspecified atom stereocenters. The van der Waals surface area contributed by atoms with Gasteiger partial charge in [-0.2, -0.15) is 0 Å². The topological polar surface area (TPSA) is 22.0 Å². The molecule has 23 heavy (non-hydrogen) atoms. The first-order valence-electron chi connectivity index (χ1n) is 7.43. The highest BCUT2D eigenvalue weighted by atomic mass is 19.1. The molecule has 0 radical (unpaired) electrons. The maximum absolute atomic E-state index is 13.1. The van der Waals surface area contributed by atoms with Gasteiger partial charge in [-0.3, -0.25) is 4.79 Å². The zero-order valence-corrected chi connectivity index (χ0v) is 12.6. The van der Waals surface area contributed by atoms with Crippen LogP contribution in [-0.4, -0.2) is 10.4 Å². The van der Waals surface area contributed by atoms with Crippen molar-refractivity contribution in [3.8, 4) is 0 Å². The average Bonchev–Trinajstić information content (AvgIpc) is 2.88. The van der Waals surface area contributed by atoms with Gasteiger partial charge in [-0.15, -0.1) is 0 Å². The molecule has 0 bridgehead atoms. The van der Waals surface area contributed by atoms with Crippen LogP contribution in [0, 0.1) is 5.82 Å². The Labute approximate surface area is 132 Å². The lowest BCUT2D eigenvalue weighted by Crippen LogP contribution is -2.04. The summed E-state index contributed by atoms with van der Waals surface area (Å²) in [4.78, 5) is 12.9. The van der Waals surface area contributed by atoms with Gasteiger partial charge in [0.2, 0.25) is 0 Å². The maximum atomic E-state index is 13.1. The monoisotopic (exact) mass is 303 g/mol. The van der Waals surface area contributed by atoms with Crippen molar-refractivity contribution in [2.24, 2.45) is 7.05 Å². The van der Waals surface area contributed by atoms with Crippen LogP contribution in [0.15, 0.2) is 66.7 Å². The van der Waals surface area contributed by atoms with Gasteiger partial charge in [-0.05, 0) is 36.4 Å². The number of hydrogen-bond donors (Lipinski definition) is 0. The number of hydrogen-bond acceptors (Lipinski definition) is 1. The summed E-state index contributed by atoms with van der Waals surface area (Å²) in [6, 6.07) is 19.5. The Bertz CT molecular complexity index is 1040. The molecule has 2 nitrogen and oxygen atoms in total. The second-order valence-corrected chi connectivity index (χ2v) is 5.61. The van der Waals surface area contributed by atoms with Gasteiger partial charge in [0.1, 0.15) is 5.82 Å². The van der Waals surface area contributed by atoms with Crippen molar-refractivity contribution in [1.29, 1.82) is 0 Å². The highest BCUT2D eigenvalue weighted by molar-refractivity contribution is 6.20. The fraction of sp³-hybridized carbons (Fsp3) is 0.0500. The van der Waals surface area contributed by atoms with Crippen LogP contribution in [0.3, 0.4) is 0 Å². The largest absolute Gasteiger partial charge is 0.343 e. The van der Waals surface area contributed by atoms with Gasteiger partial charge in [-0.25, -0.2) is 4.39 Å². The molecule has 0 fully saturated rings. The van der Waals surface area contributed by atoms with E-state index in [9.17, 15) is 9.18 Å². The minimum absolute atomic E-state index is 0.0958. The van der Waals surface area contributed by atoms with Crippen molar-refractivity contribution in [3.63, 3.8) is 0 Å². The second kappa shape index (κ2) is 5.06. The molecule has 0 aliphatic carbocycles. The standard InChI is InChI=1S/C20H14FNO/c1-22-18-8-3-2-5-15(18)16-6-4-7-17(19(16)22)20(23)13-9-11-14(21)12-10-13/h2-12H,1H3. The minimum atomic E-state index is -0.343. The fourth-order valence-electron chi connectivity index (χ4n) is 3.18. The Hall–Kier alpha value is -2.94. The third-order valence-corrected chi connectivity index (χ3v) is 4.28. The van der Waals surface area contributed by atoms with Crippen molar-refractivity contribution < 1.29 is 9.18 Å². The molecule has 0 aliphatic rings. The molecule has 0 atom stereocenters. The number of aryl methyl sites for hydroxylation is 1. The molecular formula is C20H14FNO. The summed E-state index contributed by atoms with van der Waals surface area (Å²) < 4.78 is 15.1. The third-order valence-electron chi connectivity index (χ3n) is 4.28. The van der Waals surface area contributed by atoms with E-state index in [1.807, 2.05) is 48.0 Å². The Morgan fingerprint density at radius 3 is 2.35 bits per heavy atom. The zero-order valence-electron chi connectivity index (χ0n) is 12.6. The van der Waals surface area contributed by atoms with Gasteiger partial charge in [0.05, 0.1) is 5.52 Å². The highest BCUT2D eigenvalue weighted by Gasteiger charge is 2.17. The van der Waals surface area contributed by atoms with Crippen LogP contribution < -0.4 is 0 Å². The van der Waals surface area contributed by atoms with Crippen LogP contribution in [0.25, 0.3) is 21.8 Å². The van der Waals surface area contributed by atoms with Gasteiger partial charge >= 0.3 is 0 Å². The summed E-state index contributed by atoms with van der Waals surface area (Å²) in [5.74, 6) is -0.439. The van der Waals surface area contributed by atoms with Crippen molar-refractivity contribution in [1.82, 2.24) is 4.57 Å². The first-order valence-corrected chi connectivity index (χ1v) is 7.43. The van der Waals surface area contributed by atoms with Gasteiger partial charge in [-0.1, -0.05) is 30.3 Å². The third kappa shape index (κ3) is 2.05. The number of para-hydroxylation sites is 2. The van der Waals surface area contributed by atoms with Crippen LogP contribution >= 0.6 is 0 Å². The number of carbonyl (C=O) groups is 1. The molecule has 0 spiro atoms.